The van der Waals surface area contributed by atoms with Crippen molar-refractivity contribution in [3.8, 4) is 5.75 Å². The number of phenols is 1. The quantitative estimate of drug-likeness (QED) is 0.393. The minimum absolute atomic E-state index is 0.573. The van der Waals surface area contributed by atoms with Gasteiger partial charge in [-0.3, -0.25) is 25.0 Å². The van der Waals surface area contributed by atoms with E-state index in [1.807, 2.05) is 0 Å². The van der Waals surface area contributed by atoms with Crippen LogP contribution in [0.4, 0.5) is 11.4 Å². The summed E-state index contributed by atoms with van der Waals surface area (Å²) in [5, 5.41) is 30.6. The normalized spacial score (nSPS) is 11.1. The highest BCUT2D eigenvalue weighted by Gasteiger charge is 2.36. The first-order chi connectivity index (χ1) is 8.55. The summed E-state index contributed by atoms with van der Waals surface area (Å²) in [6, 6.07) is 1.18. The van der Waals surface area contributed by atoms with Crippen molar-refractivity contribution in [1.82, 2.24) is 0 Å². The van der Waals surface area contributed by atoms with Crippen LogP contribution in [0.25, 0.3) is 0 Å². The number of Topliss-reactive ketones (excluding diaryl/α,β-unsaturated/α-hetero) is 1. The van der Waals surface area contributed by atoms with Gasteiger partial charge in [-0.15, -0.1) is 0 Å². The van der Waals surface area contributed by atoms with Crippen LogP contribution < -0.4 is 0 Å². The molecule has 0 fully saturated rings. The molecule has 0 aliphatic heterocycles. The van der Waals surface area contributed by atoms with Gasteiger partial charge in [-0.1, -0.05) is 34.8 Å². The highest BCUT2D eigenvalue weighted by atomic mass is 35.6. The molecule has 0 saturated heterocycles. The number of aromatic hydroxyl groups is 1. The molecular weight excluding hydrogens is 326 g/mol. The monoisotopic (exact) mass is 328 g/mol. The molecule has 0 atom stereocenters. The molecule has 102 valence electrons. The number of carbonyl (C=O) groups is 1. The minimum Gasteiger partial charge on any atom is -0.497 e. The molecular formula is C8H3Cl3N2O6. The summed E-state index contributed by atoms with van der Waals surface area (Å²) >= 11 is 15.9. The lowest BCUT2D eigenvalue weighted by molar-refractivity contribution is -0.396. The number of carbonyl (C=O) groups excluding carboxylic acids is 1. The van der Waals surface area contributed by atoms with Crippen LogP contribution in [0.3, 0.4) is 0 Å². The number of nitro groups is 2. The van der Waals surface area contributed by atoms with E-state index < -0.39 is 42.1 Å². The number of nitro benzene ring substituents is 2. The topological polar surface area (TPSA) is 124 Å². The summed E-state index contributed by atoms with van der Waals surface area (Å²) in [5.41, 5.74) is -2.64. The van der Waals surface area contributed by atoms with Crippen molar-refractivity contribution in [2.75, 3.05) is 0 Å². The second-order valence-corrected chi connectivity index (χ2v) is 5.49. The second-order valence-electron chi connectivity index (χ2n) is 3.20. The van der Waals surface area contributed by atoms with Crippen molar-refractivity contribution in [3.63, 3.8) is 0 Å². The molecule has 0 saturated carbocycles. The third-order valence-electron chi connectivity index (χ3n) is 1.98. The van der Waals surface area contributed by atoms with Gasteiger partial charge in [0.25, 0.3) is 9.54 Å². The summed E-state index contributed by atoms with van der Waals surface area (Å²) < 4.78 is -2.43. The van der Waals surface area contributed by atoms with Crippen LogP contribution >= 0.6 is 34.8 Å². The van der Waals surface area contributed by atoms with Crippen LogP contribution in [0.15, 0.2) is 12.1 Å². The average Bonchev–Trinajstić information content (AvgIpc) is 2.26. The number of ketones is 1. The van der Waals surface area contributed by atoms with Gasteiger partial charge in [0, 0.05) is 17.7 Å². The van der Waals surface area contributed by atoms with E-state index in [9.17, 15) is 30.1 Å². The highest BCUT2D eigenvalue weighted by molar-refractivity contribution is 6.77. The Morgan fingerprint density at radius 2 is 1.47 bits per heavy atom. The molecule has 0 radical (unpaired) electrons. The number of nitrogens with zero attached hydrogens (tertiary/aromatic N) is 2. The first-order valence-electron chi connectivity index (χ1n) is 4.33. The van der Waals surface area contributed by atoms with Gasteiger partial charge < -0.3 is 5.11 Å². The van der Waals surface area contributed by atoms with Crippen LogP contribution in [-0.2, 0) is 0 Å². The van der Waals surface area contributed by atoms with Gasteiger partial charge in [-0.25, -0.2) is 0 Å². The molecule has 0 unspecified atom stereocenters. The lowest BCUT2D eigenvalue weighted by Crippen LogP contribution is -2.19. The van der Waals surface area contributed by atoms with Crippen molar-refractivity contribution < 1.29 is 19.7 Å². The van der Waals surface area contributed by atoms with Crippen molar-refractivity contribution >= 4 is 52.0 Å². The molecule has 0 aromatic heterocycles. The molecule has 0 spiro atoms. The molecule has 1 aromatic rings. The number of benzene rings is 1. The summed E-state index contributed by atoms with van der Waals surface area (Å²) in [7, 11) is 0. The Balaban J connectivity index is 3.57. The highest BCUT2D eigenvalue weighted by Crippen LogP contribution is 2.39. The Morgan fingerprint density at radius 3 is 1.74 bits per heavy atom. The summed E-state index contributed by atoms with van der Waals surface area (Å²) in [6.07, 6.45) is 0. The second kappa shape index (κ2) is 5.16. The van der Waals surface area contributed by atoms with Gasteiger partial charge in [0.2, 0.25) is 5.78 Å². The zero-order valence-electron chi connectivity index (χ0n) is 8.67. The van der Waals surface area contributed by atoms with Gasteiger partial charge in [0.15, 0.2) is 0 Å². The van der Waals surface area contributed by atoms with Crippen molar-refractivity contribution in [2.45, 2.75) is 3.79 Å². The Labute approximate surface area is 119 Å². The van der Waals surface area contributed by atoms with Gasteiger partial charge in [-0.2, -0.15) is 0 Å². The molecule has 1 N–H and O–H groups in total. The number of phenolic OH excluding ortho intramolecular Hbond substituents is 1. The van der Waals surface area contributed by atoms with Crippen molar-refractivity contribution in [1.29, 1.82) is 0 Å². The Bertz CT molecular complexity index is 547. The van der Waals surface area contributed by atoms with Gasteiger partial charge >= 0.3 is 11.4 Å². The predicted molar refractivity (Wildman–Crippen MR) is 66.0 cm³/mol. The Hall–Kier alpha value is -1.64. The number of hydrogen-bond acceptors (Lipinski definition) is 6. The van der Waals surface area contributed by atoms with E-state index in [2.05, 4.69) is 0 Å². The first-order valence-corrected chi connectivity index (χ1v) is 5.46. The van der Waals surface area contributed by atoms with E-state index in [-0.39, 0.29) is 0 Å². The van der Waals surface area contributed by atoms with E-state index in [1.54, 1.807) is 0 Å². The van der Waals surface area contributed by atoms with Crippen molar-refractivity contribution in [2.24, 2.45) is 0 Å². The smallest absolute Gasteiger partial charge is 0.318 e. The van der Waals surface area contributed by atoms with Gasteiger partial charge in [0.05, 0.1) is 9.85 Å². The van der Waals surface area contributed by atoms with Crippen LogP contribution in [0, 0.1) is 20.2 Å². The third kappa shape index (κ3) is 3.22. The lowest BCUT2D eigenvalue weighted by Gasteiger charge is -2.09. The number of rotatable bonds is 3. The molecule has 1 aromatic carbocycles. The van der Waals surface area contributed by atoms with Crippen molar-refractivity contribution in [3.05, 3.63) is 37.9 Å². The minimum atomic E-state index is -2.43. The fraction of sp³-hybridized carbons (Fsp3) is 0.125. The van der Waals surface area contributed by atoms with Gasteiger partial charge in [0.1, 0.15) is 0 Å². The van der Waals surface area contributed by atoms with E-state index in [0.717, 1.165) is 0 Å². The molecule has 0 heterocycles. The zero-order chi connectivity index (χ0) is 15.0. The fourth-order valence-electron chi connectivity index (χ4n) is 1.18. The number of halogens is 3. The fourth-order valence-corrected chi connectivity index (χ4v) is 1.50. The molecule has 11 heteroatoms. The van der Waals surface area contributed by atoms with Crippen LogP contribution in [0.2, 0.25) is 0 Å². The SMILES string of the molecule is O=C(c1cc([N+](=O)[O-])c(O)c([N+](=O)[O-])c1)C(Cl)(Cl)Cl. The van der Waals surface area contributed by atoms with E-state index in [1.165, 1.54) is 0 Å². The molecule has 8 nitrogen and oxygen atoms in total. The molecule has 0 aliphatic carbocycles. The summed E-state index contributed by atoms with van der Waals surface area (Å²) in [6.45, 7) is 0. The molecule has 0 bridgehead atoms. The average molecular weight is 329 g/mol. The first kappa shape index (κ1) is 15.4. The zero-order valence-corrected chi connectivity index (χ0v) is 10.9. The maximum Gasteiger partial charge on any atom is 0.318 e. The lowest BCUT2D eigenvalue weighted by atomic mass is 10.1. The largest absolute Gasteiger partial charge is 0.497 e. The summed E-state index contributed by atoms with van der Waals surface area (Å²) in [4.78, 5) is 30.7. The standard InChI is InChI=1S/C8H3Cl3N2O6/c9-8(10,11)7(15)3-1-4(12(16)17)6(14)5(2-3)13(18)19/h1-2,14H. The maximum absolute atomic E-state index is 11.6. The number of hydrogen-bond donors (Lipinski definition) is 1. The number of alkyl halides is 3. The maximum atomic E-state index is 11.6. The molecule has 0 aliphatic rings. The van der Waals surface area contributed by atoms with Gasteiger partial charge in [-0.05, 0) is 0 Å². The van der Waals surface area contributed by atoms with Crippen LogP contribution in [0.1, 0.15) is 10.4 Å². The molecule has 1 rings (SSSR count). The van der Waals surface area contributed by atoms with E-state index in [0.29, 0.717) is 12.1 Å². The molecule has 19 heavy (non-hydrogen) atoms. The summed E-state index contributed by atoms with van der Waals surface area (Å²) in [5.74, 6) is -2.38. The Kier molecular flexibility index (Phi) is 4.18. The van der Waals surface area contributed by atoms with Crippen LogP contribution in [-0.4, -0.2) is 24.5 Å². The Morgan fingerprint density at radius 1 is 1.11 bits per heavy atom. The molecule has 0 amide bonds. The predicted octanol–water partition coefficient (Wildman–Crippen LogP) is 2.76. The van der Waals surface area contributed by atoms with E-state index >= 15 is 0 Å². The third-order valence-corrected chi connectivity index (χ3v) is 2.50. The van der Waals surface area contributed by atoms with E-state index in [4.69, 9.17) is 34.8 Å². The van der Waals surface area contributed by atoms with Crippen LogP contribution in [0.5, 0.6) is 5.75 Å².